The van der Waals surface area contributed by atoms with Crippen LogP contribution >= 0.6 is 23.2 Å². The minimum Gasteiger partial charge on any atom is -0.485 e. The first-order valence-corrected chi connectivity index (χ1v) is 13.4. The van der Waals surface area contributed by atoms with E-state index in [1.807, 2.05) is 12.1 Å². The van der Waals surface area contributed by atoms with Gasteiger partial charge in [0, 0.05) is 18.5 Å². The van der Waals surface area contributed by atoms with Gasteiger partial charge in [-0.05, 0) is 78.1 Å². The first-order chi connectivity index (χ1) is 17.3. The SMILES string of the molecule is CC(C)C(Oc1ccc2c(c1)CCC(C(Cl)N1CCC(C(=O)O)CC1)=C2)c1ccc2n[nH]c(Cl)c2c1. The number of fused-ring (bicyclic) bond motifs is 2. The summed E-state index contributed by atoms with van der Waals surface area (Å²) < 4.78 is 6.52. The molecule has 2 heterocycles. The van der Waals surface area contributed by atoms with Gasteiger partial charge in [0.1, 0.15) is 22.5 Å². The minimum absolute atomic E-state index is 0.117. The average molecular weight is 528 g/mol. The fourth-order valence-corrected chi connectivity index (χ4v) is 5.83. The second-order valence-corrected chi connectivity index (χ2v) is 11.0. The molecule has 190 valence electrons. The van der Waals surface area contributed by atoms with Crippen molar-refractivity contribution < 1.29 is 14.6 Å². The molecule has 2 N–H and O–H groups in total. The third-order valence-electron chi connectivity index (χ3n) is 7.37. The smallest absolute Gasteiger partial charge is 0.306 e. The van der Waals surface area contributed by atoms with Gasteiger partial charge in [-0.25, -0.2) is 0 Å². The summed E-state index contributed by atoms with van der Waals surface area (Å²) in [5, 5.41) is 17.7. The number of likely N-dealkylation sites (tertiary alicyclic amines) is 1. The Balaban J connectivity index is 1.31. The highest BCUT2D eigenvalue weighted by molar-refractivity contribution is 6.34. The molecule has 2 aliphatic rings. The Bertz CT molecular complexity index is 1290. The number of aromatic nitrogens is 2. The normalized spacial score (nSPS) is 18.6. The van der Waals surface area contributed by atoms with Crippen molar-refractivity contribution in [2.75, 3.05) is 13.1 Å². The lowest BCUT2D eigenvalue weighted by Crippen LogP contribution is -2.41. The Morgan fingerprint density at radius 1 is 1.17 bits per heavy atom. The minimum atomic E-state index is -0.699. The zero-order valence-electron chi connectivity index (χ0n) is 20.5. The number of alkyl halides is 1. The maximum absolute atomic E-state index is 11.3. The van der Waals surface area contributed by atoms with Gasteiger partial charge < -0.3 is 9.84 Å². The Morgan fingerprint density at radius 3 is 2.67 bits per heavy atom. The predicted octanol–water partition coefficient (Wildman–Crippen LogP) is 6.68. The number of piperidine rings is 1. The van der Waals surface area contributed by atoms with Crippen LogP contribution < -0.4 is 4.74 Å². The third-order valence-corrected chi connectivity index (χ3v) is 8.22. The molecule has 1 aromatic heterocycles. The lowest BCUT2D eigenvalue weighted by atomic mass is 9.90. The van der Waals surface area contributed by atoms with Gasteiger partial charge in [0.25, 0.3) is 0 Å². The van der Waals surface area contributed by atoms with Crippen LogP contribution in [0.3, 0.4) is 0 Å². The number of hydrogen-bond donors (Lipinski definition) is 2. The van der Waals surface area contributed by atoms with Crippen molar-refractivity contribution in [1.82, 2.24) is 15.1 Å². The molecule has 2 atom stereocenters. The molecule has 0 spiro atoms. The number of hydrogen-bond acceptors (Lipinski definition) is 4. The standard InChI is InChI=1S/C28H31Cl2N3O3/c1-16(2)25(20-6-8-24-23(15-20)26(29)32-31-24)36-22-7-5-18-13-21(4-3-19(18)14-22)27(30)33-11-9-17(10-12-33)28(34)35/h5-8,13-17,25,27H,3-4,9-12H2,1-2H3,(H,31,32)(H,34,35). The number of halogens is 2. The van der Waals surface area contributed by atoms with Crippen LogP contribution in [0.5, 0.6) is 5.75 Å². The molecule has 1 fully saturated rings. The fraction of sp³-hybridized carbons (Fsp3) is 0.429. The number of aryl methyl sites for hydroxylation is 1. The molecule has 0 radical (unpaired) electrons. The van der Waals surface area contributed by atoms with Crippen LogP contribution in [0.15, 0.2) is 42.0 Å². The summed E-state index contributed by atoms with van der Waals surface area (Å²) in [4.78, 5) is 13.5. The van der Waals surface area contributed by atoms with E-state index in [0.29, 0.717) is 31.1 Å². The van der Waals surface area contributed by atoms with E-state index in [0.717, 1.165) is 35.1 Å². The third kappa shape index (κ3) is 5.13. The van der Waals surface area contributed by atoms with Crippen molar-refractivity contribution in [2.24, 2.45) is 11.8 Å². The van der Waals surface area contributed by atoms with Crippen molar-refractivity contribution in [2.45, 2.75) is 51.1 Å². The number of carboxylic acids is 1. The van der Waals surface area contributed by atoms with Gasteiger partial charge in [0.15, 0.2) is 0 Å². The van der Waals surface area contributed by atoms with Gasteiger partial charge >= 0.3 is 5.97 Å². The van der Waals surface area contributed by atoms with Crippen LogP contribution in [-0.4, -0.2) is 44.8 Å². The Hall–Kier alpha value is -2.54. The summed E-state index contributed by atoms with van der Waals surface area (Å²) >= 11 is 13.1. The van der Waals surface area contributed by atoms with Gasteiger partial charge in [0.05, 0.1) is 11.4 Å². The molecular weight excluding hydrogens is 497 g/mol. The summed E-state index contributed by atoms with van der Waals surface area (Å²) in [5.74, 6) is 0.159. The number of ether oxygens (including phenoxy) is 1. The van der Waals surface area contributed by atoms with E-state index in [4.69, 9.17) is 27.9 Å². The molecule has 2 unspecified atom stereocenters. The number of H-pyrrole nitrogens is 1. The molecule has 8 heteroatoms. The lowest BCUT2D eigenvalue weighted by molar-refractivity contribution is -0.143. The molecule has 3 aromatic rings. The molecule has 2 aromatic carbocycles. The Morgan fingerprint density at radius 2 is 1.94 bits per heavy atom. The van der Waals surface area contributed by atoms with Crippen molar-refractivity contribution in [1.29, 1.82) is 0 Å². The molecule has 36 heavy (non-hydrogen) atoms. The number of rotatable bonds is 7. The van der Waals surface area contributed by atoms with E-state index in [1.54, 1.807) is 0 Å². The van der Waals surface area contributed by atoms with Crippen LogP contribution in [0.1, 0.15) is 55.9 Å². The van der Waals surface area contributed by atoms with Crippen LogP contribution in [0.25, 0.3) is 17.0 Å². The Kier molecular flexibility index (Phi) is 7.29. The molecule has 1 saturated heterocycles. The van der Waals surface area contributed by atoms with Crippen LogP contribution in [0, 0.1) is 11.8 Å². The largest absolute Gasteiger partial charge is 0.485 e. The van der Waals surface area contributed by atoms with Crippen LogP contribution in [0.4, 0.5) is 0 Å². The number of aliphatic carboxylic acids is 1. The van der Waals surface area contributed by atoms with Gasteiger partial charge in [0.2, 0.25) is 0 Å². The highest BCUT2D eigenvalue weighted by atomic mass is 35.5. The zero-order chi connectivity index (χ0) is 25.4. The highest BCUT2D eigenvalue weighted by Gasteiger charge is 2.30. The van der Waals surface area contributed by atoms with Crippen LogP contribution in [0.2, 0.25) is 5.15 Å². The maximum Gasteiger partial charge on any atom is 0.306 e. The quantitative estimate of drug-likeness (QED) is 0.264. The summed E-state index contributed by atoms with van der Waals surface area (Å²) in [5.41, 5.74) is 5.32. The number of nitrogens with zero attached hydrogens (tertiary/aromatic N) is 2. The maximum atomic E-state index is 11.3. The number of nitrogens with one attached hydrogen (secondary N) is 1. The number of carbonyl (C=O) groups is 1. The van der Waals surface area contributed by atoms with Crippen molar-refractivity contribution in [3.63, 3.8) is 0 Å². The fourth-order valence-electron chi connectivity index (χ4n) is 5.27. The zero-order valence-corrected chi connectivity index (χ0v) is 22.0. The molecule has 5 rings (SSSR count). The second kappa shape index (κ2) is 10.4. The van der Waals surface area contributed by atoms with Gasteiger partial charge in [-0.1, -0.05) is 43.7 Å². The van der Waals surface area contributed by atoms with E-state index in [1.165, 1.54) is 16.7 Å². The van der Waals surface area contributed by atoms with Crippen molar-refractivity contribution in [3.05, 3.63) is 63.8 Å². The van der Waals surface area contributed by atoms with Gasteiger partial charge in [-0.15, -0.1) is 11.6 Å². The van der Waals surface area contributed by atoms with E-state index < -0.39 is 5.97 Å². The second-order valence-electron chi connectivity index (χ2n) is 10.2. The summed E-state index contributed by atoms with van der Waals surface area (Å²) in [6.07, 6.45) is 5.16. The monoisotopic (exact) mass is 527 g/mol. The van der Waals surface area contributed by atoms with Gasteiger partial charge in [-0.3, -0.25) is 14.8 Å². The van der Waals surface area contributed by atoms with E-state index in [2.05, 4.69) is 59.3 Å². The molecule has 1 aliphatic heterocycles. The first kappa shape index (κ1) is 25.1. The molecule has 1 aliphatic carbocycles. The number of aromatic amines is 1. The topological polar surface area (TPSA) is 78.4 Å². The molecular formula is C28H31Cl2N3O3. The molecule has 0 bridgehead atoms. The summed E-state index contributed by atoms with van der Waals surface area (Å²) in [6.45, 7) is 5.74. The predicted molar refractivity (Wildman–Crippen MR) is 144 cm³/mol. The summed E-state index contributed by atoms with van der Waals surface area (Å²) in [7, 11) is 0. The number of carboxylic acid groups (broad SMARTS) is 1. The van der Waals surface area contributed by atoms with E-state index >= 15 is 0 Å². The van der Waals surface area contributed by atoms with E-state index in [-0.39, 0.29) is 23.4 Å². The molecule has 0 saturated carbocycles. The Labute approximate surface area is 221 Å². The first-order valence-electron chi connectivity index (χ1n) is 12.5. The van der Waals surface area contributed by atoms with Crippen LogP contribution in [-0.2, 0) is 11.2 Å². The van der Waals surface area contributed by atoms with Crippen molar-refractivity contribution >= 4 is 46.2 Å². The van der Waals surface area contributed by atoms with Gasteiger partial charge in [-0.2, -0.15) is 5.10 Å². The number of benzene rings is 2. The van der Waals surface area contributed by atoms with Crippen molar-refractivity contribution in [3.8, 4) is 5.75 Å². The summed E-state index contributed by atoms with van der Waals surface area (Å²) in [6, 6.07) is 12.4. The lowest BCUT2D eigenvalue weighted by Gasteiger charge is -2.35. The molecule has 0 amide bonds. The molecule has 6 nitrogen and oxygen atoms in total. The van der Waals surface area contributed by atoms with E-state index in [9.17, 15) is 9.90 Å². The average Bonchev–Trinajstić information content (AvgIpc) is 3.26. The highest BCUT2D eigenvalue weighted by Crippen LogP contribution is 2.36.